The van der Waals surface area contributed by atoms with Crippen molar-refractivity contribution in [2.45, 2.75) is 25.3 Å². The van der Waals surface area contributed by atoms with Gasteiger partial charge >= 0.3 is 0 Å². The monoisotopic (exact) mass is 414 g/mol. The Balaban J connectivity index is 0.00000180. The minimum Gasteiger partial charge on any atom is -0.345 e. The lowest BCUT2D eigenvalue weighted by atomic mass is 9.95. The van der Waals surface area contributed by atoms with Gasteiger partial charge in [-0.15, -0.1) is 12.4 Å². The zero-order chi connectivity index (χ0) is 13.3. The summed E-state index contributed by atoms with van der Waals surface area (Å²) in [6.07, 6.45) is 2.28. The minimum absolute atomic E-state index is 0. The number of carbonyl (C=O) groups excluding carboxylic acids is 1. The maximum absolute atomic E-state index is 12.2. The van der Waals surface area contributed by atoms with Gasteiger partial charge in [-0.1, -0.05) is 11.6 Å². The highest BCUT2D eigenvalue weighted by molar-refractivity contribution is 14.1. The van der Waals surface area contributed by atoms with Gasteiger partial charge in [-0.2, -0.15) is 0 Å². The van der Waals surface area contributed by atoms with E-state index in [1.165, 1.54) is 0 Å². The van der Waals surface area contributed by atoms with Crippen molar-refractivity contribution in [2.24, 2.45) is 11.7 Å². The Morgan fingerprint density at radius 3 is 2.68 bits per heavy atom. The summed E-state index contributed by atoms with van der Waals surface area (Å²) in [5.41, 5.74) is 6.07. The summed E-state index contributed by atoms with van der Waals surface area (Å²) in [6.45, 7) is 2.47. The largest absolute Gasteiger partial charge is 0.345 e. The summed E-state index contributed by atoms with van der Waals surface area (Å²) in [7, 11) is 0. The maximum Gasteiger partial charge on any atom is 0.251 e. The van der Waals surface area contributed by atoms with Crippen LogP contribution in [0.5, 0.6) is 0 Å². The molecule has 0 spiro atoms. The molecule has 106 valence electrons. The first-order valence-corrected chi connectivity index (χ1v) is 7.39. The molecular weight excluding hydrogens is 398 g/mol. The van der Waals surface area contributed by atoms with E-state index in [1.54, 1.807) is 12.1 Å². The lowest BCUT2D eigenvalue weighted by molar-refractivity contribution is 0.0898. The zero-order valence-corrected chi connectivity index (χ0v) is 14.3. The number of hydrogen-bond donors (Lipinski definition) is 2. The highest BCUT2D eigenvalue weighted by Crippen LogP contribution is 2.39. The van der Waals surface area contributed by atoms with E-state index in [9.17, 15) is 4.79 Å². The molecular formula is C13H17Cl2IN2O. The molecule has 1 aromatic carbocycles. The molecule has 2 rings (SSSR count). The number of hydrogen-bond acceptors (Lipinski definition) is 2. The standard InChI is InChI=1S/C13H16ClIN2O.ClH/c1-13(7-16,9-3-4-9)17-12(18)8-2-5-11(15)10(14)6-8;/h2,5-6,9H,3-4,7,16H2,1H3,(H,17,18);1H. The minimum atomic E-state index is -0.299. The zero-order valence-electron chi connectivity index (χ0n) is 10.6. The van der Waals surface area contributed by atoms with Crippen LogP contribution < -0.4 is 11.1 Å². The number of amides is 1. The second kappa shape index (κ2) is 6.61. The van der Waals surface area contributed by atoms with Crippen molar-refractivity contribution in [3.8, 4) is 0 Å². The van der Waals surface area contributed by atoms with Gasteiger partial charge in [-0.25, -0.2) is 0 Å². The van der Waals surface area contributed by atoms with Gasteiger partial charge in [-0.3, -0.25) is 4.79 Å². The van der Waals surface area contributed by atoms with Gasteiger partial charge in [0.2, 0.25) is 0 Å². The number of halogens is 3. The van der Waals surface area contributed by atoms with Crippen LogP contribution in [0, 0.1) is 9.49 Å². The number of nitrogens with two attached hydrogens (primary N) is 1. The summed E-state index contributed by atoms with van der Waals surface area (Å²) in [6, 6.07) is 5.32. The topological polar surface area (TPSA) is 55.1 Å². The van der Waals surface area contributed by atoms with E-state index in [-0.39, 0.29) is 23.9 Å². The van der Waals surface area contributed by atoms with Crippen LogP contribution in [0.15, 0.2) is 18.2 Å². The third kappa shape index (κ3) is 3.97. The van der Waals surface area contributed by atoms with Crippen LogP contribution in [0.25, 0.3) is 0 Å². The van der Waals surface area contributed by atoms with Gasteiger partial charge in [0.15, 0.2) is 0 Å². The van der Waals surface area contributed by atoms with Gasteiger partial charge in [0.1, 0.15) is 0 Å². The van der Waals surface area contributed by atoms with Crippen molar-refractivity contribution in [1.29, 1.82) is 0 Å². The molecule has 1 aromatic rings. The molecule has 3 nitrogen and oxygen atoms in total. The Hall–Kier alpha value is -0.0400. The van der Waals surface area contributed by atoms with Crippen LogP contribution in [0.1, 0.15) is 30.1 Å². The third-order valence-corrected chi connectivity index (χ3v) is 5.06. The summed E-state index contributed by atoms with van der Waals surface area (Å²) < 4.78 is 0.939. The Bertz CT molecular complexity index is 480. The van der Waals surface area contributed by atoms with Crippen molar-refractivity contribution in [2.75, 3.05) is 6.54 Å². The summed E-state index contributed by atoms with van der Waals surface area (Å²) in [5.74, 6) is 0.402. The lowest BCUT2D eigenvalue weighted by Gasteiger charge is -2.29. The van der Waals surface area contributed by atoms with Crippen molar-refractivity contribution >= 4 is 52.5 Å². The first kappa shape index (κ1) is 17.0. The molecule has 1 saturated carbocycles. The Labute approximate surface area is 138 Å². The normalized spacial score (nSPS) is 17.3. The van der Waals surface area contributed by atoms with Crippen molar-refractivity contribution in [1.82, 2.24) is 5.32 Å². The average molecular weight is 415 g/mol. The molecule has 0 bridgehead atoms. The molecule has 0 aromatic heterocycles. The maximum atomic E-state index is 12.2. The molecule has 6 heteroatoms. The molecule has 1 aliphatic rings. The predicted molar refractivity (Wildman–Crippen MR) is 89.1 cm³/mol. The fourth-order valence-electron chi connectivity index (χ4n) is 2.01. The van der Waals surface area contributed by atoms with Gasteiger partial charge < -0.3 is 11.1 Å². The number of nitrogens with one attached hydrogen (secondary N) is 1. The smallest absolute Gasteiger partial charge is 0.251 e. The van der Waals surface area contributed by atoms with Crippen LogP contribution in [0.4, 0.5) is 0 Å². The van der Waals surface area contributed by atoms with Gasteiger partial charge in [-0.05, 0) is 66.5 Å². The molecule has 0 aliphatic heterocycles. The van der Waals surface area contributed by atoms with E-state index in [0.29, 0.717) is 23.0 Å². The molecule has 3 N–H and O–H groups in total. The quantitative estimate of drug-likeness (QED) is 0.743. The van der Waals surface area contributed by atoms with Crippen molar-refractivity contribution < 1.29 is 4.79 Å². The second-order valence-electron chi connectivity index (χ2n) is 4.98. The number of carbonyl (C=O) groups is 1. The summed E-state index contributed by atoms with van der Waals surface area (Å²) >= 11 is 8.16. The highest BCUT2D eigenvalue weighted by atomic mass is 127. The van der Waals surface area contributed by atoms with Crippen LogP contribution in [-0.2, 0) is 0 Å². The third-order valence-electron chi connectivity index (χ3n) is 3.48. The predicted octanol–water partition coefficient (Wildman–Crippen LogP) is 3.22. The fourth-order valence-corrected chi connectivity index (χ4v) is 2.53. The van der Waals surface area contributed by atoms with Gasteiger partial charge in [0, 0.05) is 15.7 Å². The van der Waals surface area contributed by atoms with Crippen LogP contribution in [-0.4, -0.2) is 18.0 Å². The summed E-state index contributed by atoms with van der Waals surface area (Å²) in [5, 5.41) is 3.64. The molecule has 0 radical (unpaired) electrons. The molecule has 1 unspecified atom stereocenters. The Morgan fingerprint density at radius 1 is 1.58 bits per heavy atom. The molecule has 1 atom stereocenters. The van der Waals surface area contributed by atoms with Crippen molar-refractivity contribution in [3.05, 3.63) is 32.4 Å². The Morgan fingerprint density at radius 2 is 2.21 bits per heavy atom. The van der Waals surface area contributed by atoms with E-state index in [4.69, 9.17) is 17.3 Å². The van der Waals surface area contributed by atoms with Crippen LogP contribution >= 0.6 is 46.6 Å². The van der Waals surface area contributed by atoms with Crippen LogP contribution in [0.2, 0.25) is 5.02 Å². The lowest BCUT2D eigenvalue weighted by Crippen LogP contribution is -2.53. The van der Waals surface area contributed by atoms with E-state index < -0.39 is 0 Å². The fraction of sp³-hybridized carbons (Fsp3) is 0.462. The van der Waals surface area contributed by atoms with E-state index in [2.05, 4.69) is 27.9 Å². The first-order valence-electron chi connectivity index (χ1n) is 5.94. The first-order chi connectivity index (χ1) is 8.46. The summed E-state index contributed by atoms with van der Waals surface area (Å²) in [4.78, 5) is 12.2. The molecule has 19 heavy (non-hydrogen) atoms. The highest BCUT2D eigenvalue weighted by Gasteiger charge is 2.41. The Kier molecular flexibility index (Phi) is 5.92. The molecule has 0 saturated heterocycles. The molecule has 1 amide bonds. The van der Waals surface area contributed by atoms with E-state index >= 15 is 0 Å². The molecule has 1 fully saturated rings. The number of rotatable bonds is 4. The van der Waals surface area contributed by atoms with E-state index in [1.807, 2.05) is 13.0 Å². The second-order valence-corrected chi connectivity index (χ2v) is 6.55. The van der Waals surface area contributed by atoms with E-state index in [0.717, 1.165) is 16.4 Å². The van der Waals surface area contributed by atoms with Gasteiger partial charge in [0.25, 0.3) is 5.91 Å². The molecule has 1 aliphatic carbocycles. The van der Waals surface area contributed by atoms with Gasteiger partial charge in [0.05, 0.1) is 10.6 Å². The van der Waals surface area contributed by atoms with Crippen LogP contribution in [0.3, 0.4) is 0 Å². The van der Waals surface area contributed by atoms with Crippen molar-refractivity contribution in [3.63, 3.8) is 0 Å². The average Bonchev–Trinajstić information content (AvgIpc) is 3.16. The number of benzene rings is 1. The molecule has 0 heterocycles. The SMILES string of the molecule is CC(CN)(NC(=O)c1ccc(I)c(Cl)c1)C1CC1.Cl.